The molecule has 0 radical (unpaired) electrons. The summed E-state index contributed by atoms with van der Waals surface area (Å²) in [6.07, 6.45) is 2.82. The van der Waals surface area contributed by atoms with Crippen molar-refractivity contribution in [1.82, 2.24) is 9.88 Å². The molecule has 1 aromatic heterocycles. The molecule has 1 fully saturated rings. The first-order chi connectivity index (χ1) is 8.60. The molecule has 1 aliphatic heterocycles. The van der Waals surface area contributed by atoms with Gasteiger partial charge in [0.05, 0.1) is 18.2 Å². The maximum absolute atomic E-state index is 11.7. The van der Waals surface area contributed by atoms with Crippen LogP contribution in [0.1, 0.15) is 24.6 Å². The van der Waals surface area contributed by atoms with Crippen LogP contribution in [0.3, 0.4) is 0 Å². The van der Waals surface area contributed by atoms with Gasteiger partial charge in [0.1, 0.15) is 0 Å². The Bertz CT molecular complexity index is 456. The maximum atomic E-state index is 11.7. The van der Waals surface area contributed by atoms with Crippen LogP contribution in [0.5, 0.6) is 0 Å². The number of nitrogens with zero attached hydrogens (tertiary/aromatic N) is 2. The third-order valence-electron chi connectivity index (χ3n) is 3.21. The Balaban J connectivity index is 2.01. The molecule has 96 valence electrons. The average Bonchev–Trinajstić information content (AvgIpc) is 2.72. The zero-order chi connectivity index (χ0) is 13.1. The number of aliphatic carboxylic acids is 1. The predicted molar refractivity (Wildman–Crippen MR) is 64.8 cm³/mol. The standard InChI is InChI=1S/C13H16N2O3/c1-2-9-3-4-11(14-6-9)8-15-7-10(13(17)18)5-12(15)16/h3-4,6,10H,2,5,7-8H2,1H3,(H,17,18). The molecule has 5 nitrogen and oxygen atoms in total. The van der Waals surface area contributed by atoms with Gasteiger partial charge in [0.15, 0.2) is 0 Å². The number of rotatable bonds is 4. The summed E-state index contributed by atoms with van der Waals surface area (Å²) >= 11 is 0. The Kier molecular flexibility index (Phi) is 3.60. The number of likely N-dealkylation sites (tertiary alicyclic amines) is 1. The van der Waals surface area contributed by atoms with Gasteiger partial charge in [0.2, 0.25) is 5.91 Å². The summed E-state index contributed by atoms with van der Waals surface area (Å²) in [7, 11) is 0. The monoisotopic (exact) mass is 248 g/mol. The lowest BCUT2D eigenvalue weighted by Gasteiger charge is -2.15. The van der Waals surface area contributed by atoms with Gasteiger partial charge in [-0.3, -0.25) is 14.6 Å². The second-order valence-electron chi connectivity index (χ2n) is 4.52. The van der Waals surface area contributed by atoms with E-state index in [2.05, 4.69) is 11.9 Å². The SMILES string of the molecule is CCc1ccc(CN2CC(C(=O)O)CC2=O)nc1. The van der Waals surface area contributed by atoms with Gasteiger partial charge >= 0.3 is 5.97 Å². The largest absolute Gasteiger partial charge is 0.481 e. The average molecular weight is 248 g/mol. The highest BCUT2D eigenvalue weighted by Crippen LogP contribution is 2.19. The Morgan fingerprint density at radius 2 is 2.33 bits per heavy atom. The minimum absolute atomic E-state index is 0.0996. The Morgan fingerprint density at radius 3 is 2.83 bits per heavy atom. The molecule has 1 aromatic rings. The smallest absolute Gasteiger partial charge is 0.308 e. The van der Waals surface area contributed by atoms with Crippen molar-refractivity contribution in [1.29, 1.82) is 0 Å². The van der Waals surface area contributed by atoms with E-state index >= 15 is 0 Å². The normalized spacial score (nSPS) is 19.3. The van der Waals surface area contributed by atoms with Crippen molar-refractivity contribution in [3.05, 3.63) is 29.6 Å². The third-order valence-corrected chi connectivity index (χ3v) is 3.21. The Morgan fingerprint density at radius 1 is 1.56 bits per heavy atom. The van der Waals surface area contributed by atoms with E-state index in [1.54, 1.807) is 11.1 Å². The number of carbonyl (C=O) groups is 2. The molecule has 2 rings (SSSR count). The van der Waals surface area contributed by atoms with Gasteiger partial charge in [0.25, 0.3) is 0 Å². The molecule has 0 aromatic carbocycles. The number of hydrogen-bond acceptors (Lipinski definition) is 3. The zero-order valence-corrected chi connectivity index (χ0v) is 10.3. The highest BCUT2D eigenvalue weighted by molar-refractivity contribution is 5.86. The predicted octanol–water partition coefficient (Wildman–Crippen LogP) is 1.08. The lowest BCUT2D eigenvalue weighted by atomic mass is 10.1. The lowest BCUT2D eigenvalue weighted by Crippen LogP contribution is -2.26. The number of aromatic nitrogens is 1. The first-order valence-electron chi connectivity index (χ1n) is 6.04. The van der Waals surface area contributed by atoms with Crippen LogP contribution < -0.4 is 0 Å². The summed E-state index contributed by atoms with van der Waals surface area (Å²) in [4.78, 5) is 28.3. The van der Waals surface area contributed by atoms with E-state index in [9.17, 15) is 9.59 Å². The third kappa shape index (κ3) is 2.67. The number of hydrogen-bond donors (Lipinski definition) is 1. The molecule has 1 amide bonds. The number of pyridine rings is 1. The number of carbonyl (C=O) groups excluding carboxylic acids is 1. The van der Waals surface area contributed by atoms with Crippen LogP contribution in [0.2, 0.25) is 0 Å². The molecular weight excluding hydrogens is 232 g/mol. The van der Waals surface area contributed by atoms with E-state index in [4.69, 9.17) is 5.11 Å². The fourth-order valence-electron chi connectivity index (χ4n) is 2.04. The zero-order valence-electron chi connectivity index (χ0n) is 10.3. The number of amides is 1. The van der Waals surface area contributed by atoms with E-state index in [1.165, 1.54) is 0 Å². The van der Waals surface area contributed by atoms with Crippen LogP contribution in [0.4, 0.5) is 0 Å². The summed E-state index contributed by atoms with van der Waals surface area (Å²) in [5.74, 6) is -1.59. The summed E-state index contributed by atoms with van der Waals surface area (Å²) in [6.45, 7) is 2.73. The first-order valence-corrected chi connectivity index (χ1v) is 6.04. The van der Waals surface area contributed by atoms with Crippen LogP contribution in [-0.4, -0.2) is 33.4 Å². The number of carboxylic acids is 1. The fourth-order valence-corrected chi connectivity index (χ4v) is 2.04. The topological polar surface area (TPSA) is 70.5 Å². The van der Waals surface area contributed by atoms with Crippen LogP contribution >= 0.6 is 0 Å². The van der Waals surface area contributed by atoms with Gasteiger partial charge in [-0.1, -0.05) is 13.0 Å². The van der Waals surface area contributed by atoms with Gasteiger partial charge in [-0.15, -0.1) is 0 Å². The van der Waals surface area contributed by atoms with Crippen molar-refractivity contribution in [2.24, 2.45) is 5.92 Å². The van der Waals surface area contributed by atoms with Gasteiger partial charge in [-0.05, 0) is 18.1 Å². The minimum Gasteiger partial charge on any atom is -0.481 e. The molecule has 1 atom stereocenters. The van der Waals surface area contributed by atoms with E-state index in [1.807, 2.05) is 12.1 Å². The molecule has 2 heterocycles. The number of aryl methyl sites for hydroxylation is 1. The Labute approximate surface area is 105 Å². The van der Waals surface area contributed by atoms with E-state index in [0.29, 0.717) is 6.54 Å². The van der Waals surface area contributed by atoms with Gasteiger partial charge in [0, 0.05) is 19.2 Å². The minimum atomic E-state index is -0.903. The molecule has 1 saturated heterocycles. The summed E-state index contributed by atoms with van der Waals surface area (Å²) < 4.78 is 0. The maximum Gasteiger partial charge on any atom is 0.308 e. The van der Waals surface area contributed by atoms with Crippen molar-refractivity contribution in [3.8, 4) is 0 Å². The summed E-state index contributed by atoms with van der Waals surface area (Å²) in [6, 6.07) is 3.87. The van der Waals surface area contributed by atoms with Crippen LogP contribution in [0, 0.1) is 5.92 Å². The molecule has 0 saturated carbocycles. The molecule has 0 aliphatic carbocycles. The lowest BCUT2D eigenvalue weighted by molar-refractivity contribution is -0.141. The first kappa shape index (κ1) is 12.5. The van der Waals surface area contributed by atoms with Crippen molar-refractivity contribution < 1.29 is 14.7 Å². The number of carboxylic acid groups (broad SMARTS) is 1. The van der Waals surface area contributed by atoms with E-state index in [0.717, 1.165) is 17.7 Å². The van der Waals surface area contributed by atoms with Crippen LogP contribution in [0.15, 0.2) is 18.3 Å². The van der Waals surface area contributed by atoms with Gasteiger partial charge in [-0.2, -0.15) is 0 Å². The van der Waals surface area contributed by atoms with E-state index in [-0.39, 0.29) is 18.9 Å². The van der Waals surface area contributed by atoms with Crippen LogP contribution in [0.25, 0.3) is 0 Å². The summed E-state index contributed by atoms with van der Waals surface area (Å²) in [5.41, 5.74) is 1.95. The van der Waals surface area contributed by atoms with Crippen LogP contribution in [-0.2, 0) is 22.6 Å². The second kappa shape index (κ2) is 5.16. The Hall–Kier alpha value is -1.91. The highest BCUT2D eigenvalue weighted by atomic mass is 16.4. The van der Waals surface area contributed by atoms with Crippen molar-refractivity contribution >= 4 is 11.9 Å². The fraction of sp³-hybridized carbons (Fsp3) is 0.462. The molecular formula is C13H16N2O3. The van der Waals surface area contributed by atoms with E-state index < -0.39 is 11.9 Å². The molecule has 18 heavy (non-hydrogen) atoms. The van der Waals surface area contributed by atoms with Crippen molar-refractivity contribution in [2.75, 3.05) is 6.54 Å². The summed E-state index contributed by atoms with van der Waals surface area (Å²) in [5, 5.41) is 8.89. The molecule has 1 unspecified atom stereocenters. The molecule has 1 aliphatic rings. The van der Waals surface area contributed by atoms with Gasteiger partial charge in [-0.25, -0.2) is 0 Å². The second-order valence-corrected chi connectivity index (χ2v) is 4.52. The highest BCUT2D eigenvalue weighted by Gasteiger charge is 2.34. The van der Waals surface area contributed by atoms with Gasteiger partial charge < -0.3 is 10.0 Å². The van der Waals surface area contributed by atoms with Crippen molar-refractivity contribution in [2.45, 2.75) is 26.3 Å². The molecule has 0 spiro atoms. The molecule has 0 bridgehead atoms. The van der Waals surface area contributed by atoms with Crippen molar-refractivity contribution in [3.63, 3.8) is 0 Å². The molecule has 5 heteroatoms. The molecule has 1 N–H and O–H groups in total. The quantitative estimate of drug-likeness (QED) is 0.865.